The van der Waals surface area contributed by atoms with Crippen molar-refractivity contribution in [3.63, 3.8) is 0 Å². The van der Waals surface area contributed by atoms with Crippen LogP contribution in [0.4, 0.5) is 0 Å². The Hall–Kier alpha value is -3.46. The Bertz CT molecular complexity index is 1230. The standard InChI is InChI=1S/C21H21N5O3S/c1-4-28-19-11-6-5-9-15(19)17-13-30-20(22-17)29-12-16-14(2)8-7-10-18(16)26-21(27)25(3)23-24-26/h5-11,13H,4,12H2,1-3H3. The maximum Gasteiger partial charge on any atom is 0.368 e. The number of nitrogens with zero attached hydrogens (tertiary/aromatic N) is 5. The lowest BCUT2D eigenvalue weighted by atomic mass is 10.1. The van der Waals surface area contributed by atoms with Gasteiger partial charge in [0.1, 0.15) is 12.4 Å². The highest BCUT2D eigenvalue weighted by Gasteiger charge is 2.15. The average Bonchev–Trinajstić information content (AvgIpc) is 3.35. The Balaban J connectivity index is 1.59. The Morgan fingerprint density at radius 3 is 2.67 bits per heavy atom. The molecule has 2 aromatic carbocycles. The smallest absolute Gasteiger partial charge is 0.368 e. The number of rotatable bonds is 7. The normalized spacial score (nSPS) is 10.9. The van der Waals surface area contributed by atoms with Gasteiger partial charge in [-0.2, -0.15) is 9.36 Å². The summed E-state index contributed by atoms with van der Waals surface area (Å²) in [5, 5.41) is 10.2. The van der Waals surface area contributed by atoms with Crippen LogP contribution in [0.2, 0.25) is 0 Å². The maximum atomic E-state index is 12.3. The minimum Gasteiger partial charge on any atom is -0.493 e. The quantitative estimate of drug-likeness (QED) is 0.453. The van der Waals surface area contributed by atoms with Gasteiger partial charge in [0.05, 0.1) is 18.0 Å². The van der Waals surface area contributed by atoms with Crippen LogP contribution in [0.5, 0.6) is 10.9 Å². The van der Waals surface area contributed by atoms with Crippen molar-refractivity contribution in [1.82, 2.24) is 24.8 Å². The lowest BCUT2D eigenvalue weighted by Crippen LogP contribution is -2.23. The summed E-state index contributed by atoms with van der Waals surface area (Å²) in [5.74, 6) is 0.792. The van der Waals surface area contributed by atoms with Crippen LogP contribution in [-0.2, 0) is 13.7 Å². The largest absolute Gasteiger partial charge is 0.493 e. The van der Waals surface area contributed by atoms with Crippen molar-refractivity contribution >= 4 is 11.3 Å². The fraction of sp³-hybridized carbons (Fsp3) is 0.238. The van der Waals surface area contributed by atoms with Crippen LogP contribution in [0.3, 0.4) is 0 Å². The second-order valence-electron chi connectivity index (χ2n) is 6.59. The number of hydrogen-bond acceptors (Lipinski definition) is 7. The van der Waals surface area contributed by atoms with Gasteiger partial charge in [-0.25, -0.2) is 9.78 Å². The molecule has 154 valence electrons. The Morgan fingerprint density at radius 2 is 1.90 bits per heavy atom. The molecule has 0 atom stereocenters. The van der Waals surface area contributed by atoms with E-state index < -0.39 is 0 Å². The van der Waals surface area contributed by atoms with Crippen molar-refractivity contribution in [2.45, 2.75) is 20.5 Å². The molecule has 4 rings (SSSR count). The predicted molar refractivity (Wildman–Crippen MR) is 114 cm³/mol. The topological polar surface area (TPSA) is 84.1 Å². The summed E-state index contributed by atoms with van der Waals surface area (Å²) in [5.41, 5.74) is 3.90. The fourth-order valence-electron chi connectivity index (χ4n) is 3.08. The first-order valence-corrected chi connectivity index (χ1v) is 10.3. The third-order valence-electron chi connectivity index (χ3n) is 4.62. The van der Waals surface area contributed by atoms with Gasteiger partial charge >= 0.3 is 5.69 Å². The molecule has 0 aliphatic rings. The monoisotopic (exact) mass is 423 g/mol. The van der Waals surface area contributed by atoms with Crippen LogP contribution in [0.15, 0.2) is 52.6 Å². The third kappa shape index (κ3) is 3.84. The molecule has 2 aromatic heterocycles. The molecular weight excluding hydrogens is 402 g/mol. The minimum atomic E-state index is -0.314. The van der Waals surface area contributed by atoms with E-state index in [0.29, 0.717) is 17.5 Å². The summed E-state index contributed by atoms with van der Waals surface area (Å²) >= 11 is 1.42. The Morgan fingerprint density at radius 1 is 1.07 bits per heavy atom. The second-order valence-corrected chi connectivity index (χ2v) is 7.41. The molecule has 0 spiro atoms. The number of tetrazole rings is 1. The van der Waals surface area contributed by atoms with E-state index in [1.54, 1.807) is 7.05 Å². The van der Waals surface area contributed by atoms with Gasteiger partial charge in [-0.15, -0.1) is 0 Å². The van der Waals surface area contributed by atoms with Gasteiger partial charge in [0.25, 0.3) is 5.19 Å². The van der Waals surface area contributed by atoms with Crippen LogP contribution in [0.25, 0.3) is 16.9 Å². The number of thiazole rings is 1. The maximum absolute atomic E-state index is 12.3. The fourth-order valence-corrected chi connectivity index (χ4v) is 3.75. The van der Waals surface area contributed by atoms with E-state index in [1.807, 2.05) is 61.7 Å². The van der Waals surface area contributed by atoms with Crippen LogP contribution >= 0.6 is 11.3 Å². The van der Waals surface area contributed by atoms with E-state index in [0.717, 1.165) is 28.1 Å². The number of hydrogen-bond donors (Lipinski definition) is 0. The van der Waals surface area contributed by atoms with Crippen molar-refractivity contribution in [3.8, 4) is 27.9 Å². The first-order valence-electron chi connectivity index (χ1n) is 9.47. The number of para-hydroxylation sites is 1. The molecule has 30 heavy (non-hydrogen) atoms. The summed E-state index contributed by atoms with van der Waals surface area (Å²) in [6.45, 7) is 4.76. The van der Waals surface area contributed by atoms with Crippen molar-refractivity contribution in [1.29, 1.82) is 0 Å². The molecule has 8 nitrogen and oxygen atoms in total. The molecule has 0 unspecified atom stereocenters. The first-order chi connectivity index (χ1) is 14.6. The number of aryl methyl sites for hydroxylation is 2. The molecular formula is C21H21N5O3S. The van der Waals surface area contributed by atoms with Crippen molar-refractivity contribution in [3.05, 3.63) is 69.5 Å². The molecule has 0 bridgehead atoms. The molecule has 9 heteroatoms. The lowest BCUT2D eigenvalue weighted by molar-refractivity contribution is 0.303. The van der Waals surface area contributed by atoms with E-state index in [-0.39, 0.29) is 12.3 Å². The molecule has 0 saturated carbocycles. The molecule has 2 heterocycles. The van der Waals surface area contributed by atoms with Crippen molar-refractivity contribution in [2.75, 3.05) is 6.61 Å². The Labute approximate surface area is 177 Å². The van der Waals surface area contributed by atoms with Crippen LogP contribution in [-0.4, -0.2) is 31.4 Å². The van der Waals surface area contributed by atoms with Gasteiger partial charge in [-0.1, -0.05) is 35.6 Å². The summed E-state index contributed by atoms with van der Waals surface area (Å²) in [6, 6.07) is 13.5. The zero-order valence-electron chi connectivity index (χ0n) is 16.9. The summed E-state index contributed by atoms with van der Waals surface area (Å²) < 4.78 is 14.1. The number of aromatic nitrogens is 5. The van der Waals surface area contributed by atoms with Gasteiger partial charge in [0, 0.05) is 23.6 Å². The first kappa shape index (κ1) is 19.8. The zero-order chi connectivity index (χ0) is 21.1. The van der Waals surface area contributed by atoms with E-state index in [4.69, 9.17) is 9.47 Å². The molecule has 0 saturated heterocycles. The second kappa shape index (κ2) is 8.50. The van der Waals surface area contributed by atoms with Crippen LogP contribution in [0.1, 0.15) is 18.1 Å². The highest BCUT2D eigenvalue weighted by molar-refractivity contribution is 7.11. The molecule has 0 aliphatic carbocycles. The SMILES string of the molecule is CCOc1ccccc1-c1csc(OCc2c(C)cccc2-n2nnn(C)c2=O)n1. The van der Waals surface area contributed by atoms with Crippen LogP contribution < -0.4 is 15.2 Å². The van der Waals surface area contributed by atoms with Gasteiger partial charge in [-0.3, -0.25) is 0 Å². The van der Waals surface area contributed by atoms with Gasteiger partial charge in [-0.05, 0) is 48.0 Å². The summed E-state index contributed by atoms with van der Waals surface area (Å²) in [6.07, 6.45) is 0. The number of benzene rings is 2. The highest BCUT2D eigenvalue weighted by Crippen LogP contribution is 2.33. The summed E-state index contributed by atoms with van der Waals surface area (Å²) in [4.78, 5) is 16.9. The highest BCUT2D eigenvalue weighted by atomic mass is 32.1. The molecule has 4 aromatic rings. The van der Waals surface area contributed by atoms with E-state index in [1.165, 1.54) is 20.7 Å². The number of ether oxygens (including phenoxy) is 2. The zero-order valence-corrected chi connectivity index (χ0v) is 17.7. The molecule has 0 N–H and O–H groups in total. The average molecular weight is 423 g/mol. The van der Waals surface area contributed by atoms with E-state index in [2.05, 4.69) is 15.4 Å². The lowest BCUT2D eigenvalue weighted by Gasteiger charge is -2.11. The van der Waals surface area contributed by atoms with E-state index in [9.17, 15) is 4.79 Å². The van der Waals surface area contributed by atoms with E-state index >= 15 is 0 Å². The minimum absolute atomic E-state index is 0.255. The Kier molecular flexibility index (Phi) is 5.62. The van der Waals surface area contributed by atoms with Gasteiger partial charge in [0.15, 0.2) is 0 Å². The van der Waals surface area contributed by atoms with Crippen molar-refractivity contribution in [2.24, 2.45) is 7.05 Å². The predicted octanol–water partition coefficient (Wildman–Crippen LogP) is 3.38. The molecule has 0 fully saturated rings. The molecule has 0 amide bonds. The van der Waals surface area contributed by atoms with Gasteiger partial charge < -0.3 is 9.47 Å². The van der Waals surface area contributed by atoms with Crippen LogP contribution in [0, 0.1) is 6.92 Å². The van der Waals surface area contributed by atoms with Gasteiger partial charge in [0.2, 0.25) is 0 Å². The summed E-state index contributed by atoms with van der Waals surface area (Å²) in [7, 11) is 1.56. The third-order valence-corrected chi connectivity index (χ3v) is 5.37. The molecule has 0 radical (unpaired) electrons. The molecule has 0 aliphatic heterocycles. The van der Waals surface area contributed by atoms with Crippen molar-refractivity contribution < 1.29 is 9.47 Å².